The fraction of sp³-hybridized carbons (Fsp3) is 0.526. The fourth-order valence-electron chi connectivity index (χ4n) is 3.69. The lowest BCUT2D eigenvalue weighted by molar-refractivity contribution is -0.168. The second-order valence-corrected chi connectivity index (χ2v) is 7.21. The number of piperidine rings is 1. The van der Waals surface area contributed by atoms with Gasteiger partial charge in [-0.15, -0.1) is 0 Å². The van der Waals surface area contributed by atoms with Crippen molar-refractivity contribution in [1.29, 1.82) is 0 Å². The summed E-state index contributed by atoms with van der Waals surface area (Å²) >= 11 is 0. The number of carboxylic acid groups (broad SMARTS) is 1. The summed E-state index contributed by atoms with van der Waals surface area (Å²) < 4.78 is 32.2. The molecular weight excluding hydrogens is 374 g/mol. The molecule has 9 heteroatoms. The molecular formula is C19H22F2N2O5. The lowest BCUT2D eigenvalue weighted by atomic mass is 9.94. The number of carbonyl (C=O) groups is 3. The van der Waals surface area contributed by atoms with E-state index in [4.69, 9.17) is 9.84 Å². The van der Waals surface area contributed by atoms with E-state index in [9.17, 15) is 23.2 Å². The van der Waals surface area contributed by atoms with E-state index in [1.807, 2.05) is 0 Å². The molecule has 2 amide bonds. The maximum absolute atomic E-state index is 13.8. The minimum atomic E-state index is -1.11. The lowest BCUT2D eigenvalue weighted by Gasteiger charge is -2.39. The molecule has 152 valence electrons. The van der Waals surface area contributed by atoms with Crippen LogP contribution in [0.1, 0.15) is 30.1 Å². The molecule has 1 aromatic carbocycles. The van der Waals surface area contributed by atoms with Crippen LogP contribution in [0.2, 0.25) is 0 Å². The molecule has 1 aromatic rings. The molecule has 1 unspecified atom stereocenters. The molecule has 3 rings (SSSR count). The Balaban J connectivity index is 1.59. The standard InChI is InChI=1S/C19H22F2N2O5/c1-11-9-23(10-16(28-11)19(26)27)17(24)12-4-6-22(7-5-12)18(25)14-3-2-13(20)8-15(14)21/h2-3,8,11-12,16H,4-7,9-10H2,1H3,(H,26,27)/t11-,16?/m1/s1. The number of halogens is 2. The van der Waals surface area contributed by atoms with E-state index in [2.05, 4.69) is 0 Å². The molecule has 0 aromatic heterocycles. The molecule has 0 radical (unpaired) electrons. The van der Waals surface area contributed by atoms with Gasteiger partial charge in [0.1, 0.15) is 11.6 Å². The number of nitrogens with zero attached hydrogens (tertiary/aromatic N) is 2. The third-order valence-corrected chi connectivity index (χ3v) is 5.14. The summed E-state index contributed by atoms with van der Waals surface area (Å²) in [6.07, 6.45) is -0.619. The summed E-state index contributed by atoms with van der Waals surface area (Å²) in [5, 5.41) is 9.15. The van der Waals surface area contributed by atoms with Gasteiger partial charge in [0.25, 0.3) is 5.91 Å². The highest BCUT2D eigenvalue weighted by Gasteiger charge is 2.37. The quantitative estimate of drug-likeness (QED) is 0.837. The van der Waals surface area contributed by atoms with Gasteiger partial charge in [-0.1, -0.05) is 0 Å². The van der Waals surface area contributed by atoms with Crippen molar-refractivity contribution in [3.8, 4) is 0 Å². The molecule has 2 saturated heterocycles. The second kappa shape index (κ2) is 8.22. The Morgan fingerprint density at radius 1 is 1.11 bits per heavy atom. The highest BCUT2D eigenvalue weighted by Crippen LogP contribution is 2.24. The second-order valence-electron chi connectivity index (χ2n) is 7.21. The van der Waals surface area contributed by atoms with Gasteiger partial charge in [0, 0.05) is 31.6 Å². The molecule has 1 N–H and O–H groups in total. The number of carbonyl (C=O) groups excluding carboxylic acids is 2. The van der Waals surface area contributed by atoms with Crippen LogP contribution in [0.4, 0.5) is 8.78 Å². The SMILES string of the molecule is C[C@@H]1CN(C(=O)C2CCN(C(=O)c3ccc(F)cc3F)CC2)CC(C(=O)O)O1. The molecule has 0 bridgehead atoms. The van der Waals surface area contributed by atoms with Gasteiger partial charge in [-0.25, -0.2) is 13.6 Å². The van der Waals surface area contributed by atoms with Gasteiger partial charge >= 0.3 is 5.97 Å². The van der Waals surface area contributed by atoms with E-state index in [0.717, 1.165) is 12.1 Å². The molecule has 2 aliphatic rings. The molecule has 2 heterocycles. The smallest absolute Gasteiger partial charge is 0.334 e. The molecule has 2 fully saturated rings. The van der Waals surface area contributed by atoms with Crippen LogP contribution in [0.3, 0.4) is 0 Å². The molecule has 0 spiro atoms. The van der Waals surface area contributed by atoms with Crippen LogP contribution in [0.25, 0.3) is 0 Å². The van der Waals surface area contributed by atoms with Crippen molar-refractivity contribution in [1.82, 2.24) is 9.80 Å². The normalized spacial score (nSPS) is 23.5. The van der Waals surface area contributed by atoms with Crippen LogP contribution in [0, 0.1) is 17.6 Å². The first-order valence-corrected chi connectivity index (χ1v) is 9.17. The van der Waals surface area contributed by atoms with Gasteiger partial charge in [-0.3, -0.25) is 9.59 Å². The van der Waals surface area contributed by atoms with Crippen molar-refractivity contribution < 1.29 is 33.0 Å². The number of benzene rings is 1. The Hall–Kier alpha value is -2.55. The average Bonchev–Trinajstić information content (AvgIpc) is 2.66. The molecule has 2 aliphatic heterocycles. The number of morpholine rings is 1. The van der Waals surface area contributed by atoms with Crippen molar-refractivity contribution in [2.45, 2.75) is 32.0 Å². The number of ether oxygens (including phenoxy) is 1. The van der Waals surface area contributed by atoms with Crippen molar-refractivity contribution >= 4 is 17.8 Å². The number of likely N-dealkylation sites (tertiary alicyclic amines) is 1. The molecule has 0 saturated carbocycles. The maximum Gasteiger partial charge on any atom is 0.334 e. The lowest BCUT2D eigenvalue weighted by Crippen LogP contribution is -2.54. The Labute approximate surface area is 160 Å². The molecule has 2 atom stereocenters. The summed E-state index contributed by atoms with van der Waals surface area (Å²) in [5.41, 5.74) is -0.197. The zero-order valence-electron chi connectivity index (χ0n) is 15.4. The van der Waals surface area contributed by atoms with E-state index in [0.29, 0.717) is 25.5 Å². The Morgan fingerprint density at radius 3 is 2.39 bits per heavy atom. The van der Waals surface area contributed by atoms with Crippen molar-refractivity contribution in [3.63, 3.8) is 0 Å². The monoisotopic (exact) mass is 396 g/mol. The fourth-order valence-corrected chi connectivity index (χ4v) is 3.69. The number of carboxylic acids is 1. The first-order chi connectivity index (χ1) is 13.3. The van der Waals surface area contributed by atoms with Crippen LogP contribution in [0.15, 0.2) is 18.2 Å². The summed E-state index contributed by atoms with van der Waals surface area (Å²) in [6.45, 7) is 2.58. The van der Waals surface area contributed by atoms with E-state index < -0.39 is 29.6 Å². The van der Waals surface area contributed by atoms with E-state index in [-0.39, 0.29) is 43.1 Å². The summed E-state index contributed by atoms with van der Waals surface area (Å²) in [6, 6.07) is 2.82. The number of rotatable bonds is 3. The topological polar surface area (TPSA) is 87.2 Å². The first-order valence-electron chi connectivity index (χ1n) is 9.17. The number of amides is 2. The maximum atomic E-state index is 13.8. The Kier molecular flexibility index (Phi) is 5.93. The molecule has 0 aliphatic carbocycles. The zero-order valence-corrected chi connectivity index (χ0v) is 15.4. The van der Waals surface area contributed by atoms with Crippen molar-refractivity contribution in [2.24, 2.45) is 5.92 Å². The van der Waals surface area contributed by atoms with Gasteiger partial charge < -0.3 is 19.6 Å². The Morgan fingerprint density at radius 2 is 1.79 bits per heavy atom. The van der Waals surface area contributed by atoms with Gasteiger partial charge in [-0.2, -0.15) is 0 Å². The average molecular weight is 396 g/mol. The third kappa shape index (κ3) is 4.30. The number of aliphatic carboxylic acids is 1. The predicted molar refractivity (Wildman–Crippen MR) is 93.5 cm³/mol. The first kappa shape index (κ1) is 20.2. The van der Waals surface area contributed by atoms with Gasteiger partial charge in [-0.05, 0) is 31.9 Å². The van der Waals surface area contributed by atoms with Crippen LogP contribution in [0.5, 0.6) is 0 Å². The van der Waals surface area contributed by atoms with Crippen molar-refractivity contribution in [2.75, 3.05) is 26.2 Å². The number of hydrogen-bond acceptors (Lipinski definition) is 4. The van der Waals surface area contributed by atoms with Crippen LogP contribution < -0.4 is 0 Å². The minimum absolute atomic E-state index is 0.00155. The predicted octanol–water partition coefficient (Wildman–Crippen LogP) is 1.52. The summed E-state index contributed by atoms with van der Waals surface area (Å²) in [7, 11) is 0. The minimum Gasteiger partial charge on any atom is -0.479 e. The van der Waals surface area contributed by atoms with Gasteiger partial charge in [0.15, 0.2) is 6.10 Å². The van der Waals surface area contributed by atoms with E-state index in [1.165, 1.54) is 9.80 Å². The van der Waals surface area contributed by atoms with Crippen LogP contribution >= 0.6 is 0 Å². The third-order valence-electron chi connectivity index (χ3n) is 5.14. The summed E-state index contributed by atoms with van der Waals surface area (Å²) in [5.74, 6) is -3.79. The van der Waals surface area contributed by atoms with Gasteiger partial charge in [0.05, 0.1) is 18.2 Å². The van der Waals surface area contributed by atoms with E-state index in [1.54, 1.807) is 6.92 Å². The van der Waals surface area contributed by atoms with Crippen LogP contribution in [-0.2, 0) is 14.3 Å². The van der Waals surface area contributed by atoms with E-state index >= 15 is 0 Å². The Bertz CT molecular complexity index is 780. The van der Waals surface area contributed by atoms with Gasteiger partial charge in [0.2, 0.25) is 5.91 Å². The highest BCUT2D eigenvalue weighted by molar-refractivity contribution is 5.94. The van der Waals surface area contributed by atoms with Crippen LogP contribution in [-0.4, -0.2) is 71.1 Å². The highest BCUT2D eigenvalue weighted by atomic mass is 19.1. The van der Waals surface area contributed by atoms with Crippen molar-refractivity contribution in [3.05, 3.63) is 35.4 Å². The summed E-state index contributed by atoms with van der Waals surface area (Å²) in [4.78, 5) is 39.4. The largest absolute Gasteiger partial charge is 0.479 e. The number of hydrogen-bond donors (Lipinski definition) is 1. The zero-order chi connectivity index (χ0) is 20.4. The molecule has 28 heavy (non-hydrogen) atoms. The molecule has 7 nitrogen and oxygen atoms in total.